The molecule has 12 nitrogen and oxygen atoms in total. The van der Waals surface area contributed by atoms with Crippen molar-refractivity contribution in [1.82, 2.24) is 20.1 Å². The van der Waals surface area contributed by atoms with Gasteiger partial charge in [-0.15, -0.1) is 0 Å². The highest BCUT2D eigenvalue weighted by molar-refractivity contribution is 6.02. The van der Waals surface area contributed by atoms with E-state index in [4.69, 9.17) is 0 Å². The molecule has 0 aromatic heterocycles. The largest absolute Gasteiger partial charge is 0.341 e. The van der Waals surface area contributed by atoms with Gasteiger partial charge in [-0.3, -0.25) is 9.59 Å². The molecule has 13 heteroatoms. The van der Waals surface area contributed by atoms with E-state index in [-0.39, 0.29) is 41.6 Å². The summed E-state index contributed by atoms with van der Waals surface area (Å²) in [6.07, 6.45) is 4.44. The van der Waals surface area contributed by atoms with Gasteiger partial charge in [0, 0.05) is 43.5 Å². The third-order valence-electron chi connectivity index (χ3n) is 12.5. The normalized spacial score (nSPS) is 15.4. The number of carbonyl (C=O) groups is 4. The molecule has 5 aromatic carbocycles. The number of hydrogen-bond acceptors (Lipinski definition) is 6. The maximum absolute atomic E-state index is 15.5. The number of benzene rings is 5. The van der Waals surface area contributed by atoms with Gasteiger partial charge in [0.25, 0.3) is 11.8 Å². The number of aryl methyl sites for hydroxylation is 1. The van der Waals surface area contributed by atoms with E-state index in [1.807, 2.05) is 78.6 Å². The lowest BCUT2D eigenvalue weighted by atomic mass is 9.89. The summed E-state index contributed by atoms with van der Waals surface area (Å²) >= 11 is 0. The number of nitrogens with one attached hydrogen (secondary N) is 2. The molecule has 6 amide bonds. The third kappa shape index (κ3) is 9.90. The maximum atomic E-state index is 15.5. The first-order chi connectivity index (χ1) is 31.1. The summed E-state index contributed by atoms with van der Waals surface area (Å²) in [4.78, 5) is 60.5. The standard InChI is InChI=1S/C51H49FN8O4/c1-34-7-12-42(48(61)57-25-21-40(22-26-57)38-13-8-35(31-53)9-14-38)29-47(34)60(51(64)55-43-17-18-43)59(33-37-5-3-2-4-6-37)50(63)56-44-19-20-46(52)45(30-44)49(62)58-27-23-41(24-28-58)39-15-10-36(32-54)11-16-39/h2-16,19-20,29-30,40-41,43H,17-18,21-28,33H2,1H3,(H,55,64)(H,56,63). The summed E-state index contributed by atoms with van der Waals surface area (Å²) in [6.45, 7) is 3.64. The average molecular weight is 857 g/mol. The minimum atomic E-state index is -0.723. The fraction of sp³-hybridized carbons (Fsp3) is 0.294. The second kappa shape index (κ2) is 19.3. The van der Waals surface area contributed by atoms with Gasteiger partial charge in [-0.05, 0) is 134 Å². The number of halogens is 1. The Labute approximate surface area is 372 Å². The summed E-state index contributed by atoms with van der Waals surface area (Å²) in [7, 11) is 0. The topological polar surface area (TPSA) is 153 Å². The lowest BCUT2D eigenvalue weighted by Crippen LogP contribution is -2.55. The van der Waals surface area contributed by atoms with Crippen LogP contribution >= 0.6 is 0 Å². The van der Waals surface area contributed by atoms with Gasteiger partial charge in [-0.2, -0.15) is 15.5 Å². The van der Waals surface area contributed by atoms with Gasteiger partial charge in [-0.25, -0.2) is 19.0 Å². The Balaban J connectivity index is 1.03. The van der Waals surface area contributed by atoms with E-state index < -0.39 is 23.8 Å². The number of piperidine rings is 2. The summed E-state index contributed by atoms with van der Waals surface area (Å²) in [5.41, 5.74) is 5.45. The molecule has 64 heavy (non-hydrogen) atoms. The van der Waals surface area contributed by atoms with Crippen molar-refractivity contribution >= 4 is 35.3 Å². The van der Waals surface area contributed by atoms with Gasteiger partial charge in [0.05, 0.1) is 41.1 Å². The molecule has 0 radical (unpaired) electrons. The molecular formula is C51H49FN8O4. The van der Waals surface area contributed by atoms with Gasteiger partial charge in [0.15, 0.2) is 0 Å². The van der Waals surface area contributed by atoms with Crippen LogP contribution in [-0.2, 0) is 6.54 Å². The van der Waals surface area contributed by atoms with E-state index >= 15 is 4.39 Å². The Morgan fingerprint density at radius 3 is 1.78 bits per heavy atom. The quantitative estimate of drug-likeness (QED) is 0.141. The molecule has 8 rings (SSSR count). The molecule has 3 fully saturated rings. The van der Waals surface area contributed by atoms with Gasteiger partial charge >= 0.3 is 12.1 Å². The molecular weight excluding hydrogens is 808 g/mol. The van der Waals surface area contributed by atoms with Crippen LogP contribution in [0, 0.1) is 35.4 Å². The van der Waals surface area contributed by atoms with Crippen LogP contribution in [0.3, 0.4) is 0 Å². The minimum absolute atomic E-state index is 0.0492. The zero-order valence-electron chi connectivity index (χ0n) is 35.7. The zero-order valence-corrected chi connectivity index (χ0v) is 35.7. The average Bonchev–Trinajstić information content (AvgIpc) is 4.16. The maximum Gasteiger partial charge on any atom is 0.341 e. The monoisotopic (exact) mass is 856 g/mol. The Kier molecular flexibility index (Phi) is 13.0. The number of amides is 6. The smallest absolute Gasteiger partial charge is 0.339 e. The van der Waals surface area contributed by atoms with Crippen LogP contribution in [0.2, 0.25) is 0 Å². The number of rotatable bonds is 9. The minimum Gasteiger partial charge on any atom is -0.339 e. The van der Waals surface area contributed by atoms with Gasteiger partial charge in [-0.1, -0.05) is 60.7 Å². The Morgan fingerprint density at radius 2 is 1.23 bits per heavy atom. The number of hydrogen-bond donors (Lipinski definition) is 2. The number of anilines is 2. The zero-order chi connectivity index (χ0) is 44.7. The number of nitriles is 2. The molecule has 0 bridgehead atoms. The van der Waals surface area contributed by atoms with Crippen LogP contribution < -0.4 is 15.6 Å². The fourth-order valence-corrected chi connectivity index (χ4v) is 8.57. The van der Waals surface area contributed by atoms with Crippen molar-refractivity contribution < 1.29 is 23.6 Å². The lowest BCUT2D eigenvalue weighted by molar-refractivity contribution is 0.0702. The van der Waals surface area contributed by atoms with Crippen LogP contribution in [0.15, 0.2) is 115 Å². The third-order valence-corrected chi connectivity index (χ3v) is 12.5. The second-order valence-electron chi connectivity index (χ2n) is 16.8. The lowest BCUT2D eigenvalue weighted by Gasteiger charge is -2.36. The number of carbonyl (C=O) groups excluding carboxylic acids is 4. The molecule has 324 valence electrons. The second-order valence-corrected chi connectivity index (χ2v) is 16.8. The molecule has 1 saturated carbocycles. The summed E-state index contributed by atoms with van der Waals surface area (Å²) < 4.78 is 15.5. The van der Waals surface area contributed by atoms with E-state index in [1.165, 1.54) is 22.2 Å². The van der Waals surface area contributed by atoms with E-state index in [2.05, 4.69) is 22.8 Å². The van der Waals surface area contributed by atoms with Crippen LogP contribution in [0.4, 0.5) is 25.4 Å². The van der Waals surface area contributed by atoms with Gasteiger partial charge in [0.1, 0.15) is 5.82 Å². The molecule has 2 aliphatic heterocycles. The first-order valence-electron chi connectivity index (χ1n) is 21.8. The molecule has 2 saturated heterocycles. The van der Waals surface area contributed by atoms with Crippen molar-refractivity contribution in [2.45, 2.75) is 69.9 Å². The van der Waals surface area contributed by atoms with Crippen molar-refractivity contribution in [3.63, 3.8) is 0 Å². The first-order valence-corrected chi connectivity index (χ1v) is 21.8. The Morgan fingerprint density at radius 1 is 0.672 bits per heavy atom. The predicted molar refractivity (Wildman–Crippen MR) is 241 cm³/mol. The highest BCUT2D eigenvalue weighted by Crippen LogP contribution is 2.33. The van der Waals surface area contributed by atoms with Crippen LogP contribution in [0.25, 0.3) is 0 Å². The Hall–Kier alpha value is -7.51. The molecule has 0 atom stereocenters. The van der Waals surface area contributed by atoms with Crippen LogP contribution in [0.1, 0.15) is 104 Å². The van der Waals surface area contributed by atoms with Gasteiger partial charge in [0.2, 0.25) is 0 Å². The molecule has 2 heterocycles. The molecule has 2 N–H and O–H groups in total. The van der Waals surface area contributed by atoms with Crippen molar-refractivity contribution in [2.24, 2.45) is 0 Å². The molecule has 0 unspecified atom stereocenters. The number of hydrazine groups is 1. The SMILES string of the molecule is Cc1ccc(C(=O)N2CCC(c3ccc(C#N)cc3)CC2)cc1N(C(=O)NC1CC1)N(Cc1ccccc1)C(=O)Nc1ccc(F)c(C(=O)N2CCC(c3ccc(C#N)cc3)CC2)c1. The van der Waals surface area contributed by atoms with Crippen molar-refractivity contribution in [3.05, 3.63) is 166 Å². The summed E-state index contributed by atoms with van der Waals surface area (Å²) in [6, 6.07) is 36.2. The van der Waals surface area contributed by atoms with Crippen LogP contribution in [0.5, 0.6) is 0 Å². The summed E-state index contributed by atoms with van der Waals surface area (Å²) in [5, 5.41) is 26.8. The van der Waals surface area contributed by atoms with E-state index in [0.717, 1.165) is 48.4 Å². The molecule has 5 aromatic rings. The van der Waals surface area contributed by atoms with Crippen LogP contribution in [-0.4, -0.2) is 70.9 Å². The summed E-state index contributed by atoms with van der Waals surface area (Å²) in [5.74, 6) is -0.952. The number of urea groups is 2. The van der Waals surface area contributed by atoms with E-state index in [9.17, 15) is 29.7 Å². The van der Waals surface area contributed by atoms with E-state index in [1.54, 1.807) is 35.2 Å². The molecule has 3 aliphatic rings. The van der Waals surface area contributed by atoms with Crippen molar-refractivity contribution in [3.8, 4) is 12.1 Å². The van der Waals surface area contributed by atoms with Gasteiger partial charge < -0.3 is 20.4 Å². The Bertz CT molecular complexity index is 2600. The number of likely N-dealkylation sites (tertiary alicyclic amines) is 2. The van der Waals surface area contributed by atoms with Crippen molar-refractivity contribution in [1.29, 1.82) is 10.5 Å². The first kappa shape index (κ1) is 43.2. The predicted octanol–water partition coefficient (Wildman–Crippen LogP) is 9.24. The highest BCUT2D eigenvalue weighted by atomic mass is 19.1. The number of nitrogens with zero attached hydrogens (tertiary/aromatic N) is 6. The highest BCUT2D eigenvalue weighted by Gasteiger charge is 2.35. The molecule has 1 aliphatic carbocycles. The van der Waals surface area contributed by atoms with Crippen molar-refractivity contribution in [2.75, 3.05) is 36.5 Å². The van der Waals surface area contributed by atoms with E-state index in [0.29, 0.717) is 67.0 Å². The molecule has 0 spiro atoms. The fourth-order valence-electron chi connectivity index (χ4n) is 8.57.